The number of rotatable bonds is 5. The lowest BCUT2D eigenvalue weighted by molar-refractivity contribution is -0.153. The Morgan fingerprint density at radius 3 is 2.48 bits per heavy atom. The van der Waals surface area contributed by atoms with Gasteiger partial charge in [0.25, 0.3) is 0 Å². The highest BCUT2D eigenvalue weighted by Gasteiger charge is 2.28. The molecule has 1 heterocycles. The molecule has 25 heavy (non-hydrogen) atoms. The monoisotopic (exact) mass is 351 g/mol. The van der Waals surface area contributed by atoms with Crippen LogP contribution in [0.2, 0.25) is 0 Å². The minimum atomic E-state index is -4.37. The summed E-state index contributed by atoms with van der Waals surface area (Å²) in [5.74, 6) is 0.217. The summed E-state index contributed by atoms with van der Waals surface area (Å²) in [5, 5.41) is 3.62. The van der Waals surface area contributed by atoms with E-state index in [-0.39, 0.29) is 5.75 Å². The molecular weight excluding hydrogens is 338 g/mol. The second-order valence-corrected chi connectivity index (χ2v) is 5.29. The van der Waals surface area contributed by atoms with Crippen LogP contribution in [0.5, 0.6) is 5.75 Å². The van der Waals surface area contributed by atoms with Crippen LogP contribution in [-0.2, 0) is 6.54 Å². The van der Waals surface area contributed by atoms with Crippen molar-refractivity contribution in [1.82, 2.24) is 9.97 Å². The third-order valence-corrected chi connectivity index (χ3v) is 3.38. The van der Waals surface area contributed by atoms with Crippen molar-refractivity contribution in [2.24, 2.45) is 0 Å². The molecule has 0 aliphatic rings. The predicted molar refractivity (Wildman–Crippen MR) is 84.8 cm³/mol. The third kappa shape index (κ3) is 4.56. The number of benzene rings is 2. The number of hydrogen-bond donors (Lipinski definition) is 1. The summed E-state index contributed by atoms with van der Waals surface area (Å²) in [6.07, 6.45) is -3.00. The second-order valence-electron chi connectivity index (χ2n) is 5.29. The van der Waals surface area contributed by atoms with Crippen LogP contribution in [0, 0.1) is 5.82 Å². The van der Waals surface area contributed by atoms with E-state index in [4.69, 9.17) is 0 Å². The Kier molecular flexibility index (Phi) is 4.69. The summed E-state index contributed by atoms with van der Waals surface area (Å²) in [5.41, 5.74) is 1.41. The molecule has 0 amide bonds. The molecule has 1 aromatic heterocycles. The van der Waals surface area contributed by atoms with Crippen LogP contribution in [0.3, 0.4) is 0 Å². The number of nitrogens with zero attached hydrogens (tertiary/aromatic N) is 2. The molecule has 4 nitrogen and oxygen atoms in total. The number of aromatic nitrogens is 2. The number of ether oxygens (including phenoxy) is 1. The zero-order valence-corrected chi connectivity index (χ0v) is 12.8. The van der Waals surface area contributed by atoms with Crippen molar-refractivity contribution >= 4 is 16.7 Å². The molecule has 0 spiro atoms. The standard InChI is InChI=1S/C17H13F4N3O/c18-12-3-6-15-14(7-12)16(24-10-23-15)22-8-11-1-4-13(5-2-11)25-9-17(19,20)21/h1-7,10H,8-9H2,(H,22,23,24). The maximum atomic E-state index is 13.4. The van der Waals surface area contributed by atoms with Crippen molar-refractivity contribution in [3.8, 4) is 5.75 Å². The van der Waals surface area contributed by atoms with Gasteiger partial charge in [-0.05, 0) is 35.9 Å². The predicted octanol–water partition coefficient (Wildman–Crippen LogP) is 4.32. The molecule has 0 saturated heterocycles. The molecule has 0 bridgehead atoms. The van der Waals surface area contributed by atoms with Gasteiger partial charge in [0.1, 0.15) is 23.7 Å². The van der Waals surface area contributed by atoms with Gasteiger partial charge in [0, 0.05) is 11.9 Å². The molecule has 0 saturated carbocycles. The Labute approximate surface area is 140 Å². The highest BCUT2D eigenvalue weighted by molar-refractivity contribution is 5.88. The zero-order valence-electron chi connectivity index (χ0n) is 12.8. The zero-order chi connectivity index (χ0) is 17.9. The van der Waals surface area contributed by atoms with E-state index in [0.717, 1.165) is 5.56 Å². The van der Waals surface area contributed by atoms with Crippen LogP contribution in [-0.4, -0.2) is 22.8 Å². The summed E-state index contributed by atoms with van der Waals surface area (Å²) in [7, 11) is 0. The van der Waals surface area contributed by atoms with Crippen LogP contribution in [0.15, 0.2) is 48.8 Å². The van der Waals surface area contributed by atoms with E-state index >= 15 is 0 Å². The third-order valence-electron chi connectivity index (χ3n) is 3.38. The Bertz CT molecular complexity index is 866. The second kappa shape index (κ2) is 6.92. The first-order valence-corrected chi connectivity index (χ1v) is 7.33. The van der Waals surface area contributed by atoms with Gasteiger partial charge in [-0.25, -0.2) is 14.4 Å². The Morgan fingerprint density at radius 1 is 1.00 bits per heavy atom. The molecule has 3 rings (SSSR count). The fraction of sp³-hybridized carbons (Fsp3) is 0.176. The van der Waals surface area contributed by atoms with Crippen LogP contribution >= 0.6 is 0 Å². The minimum absolute atomic E-state index is 0.135. The molecule has 0 unspecified atom stereocenters. The van der Waals surface area contributed by atoms with Crippen molar-refractivity contribution in [3.63, 3.8) is 0 Å². The SMILES string of the molecule is Fc1ccc2ncnc(NCc3ccc(OCC(F)(F)F)cc3)c2c1. The highest BCUT2D eigenvalue weighted by atomic mass is 19.4. The van der Waals surface area contributed by atoms with Crippen molar-refractivity contribution in [2.75, 3.05) is 11.9 Å². The van der Waals surface area contributed by atoms with Gasteiger partial charge >= 0.3 is 6.18 Å². The average Bonchev–Trinajstić information content (AvgIpc) is 2.58. The van der Waals surface area contributed by atoms with Crippen molar-refractivity contribution < 1.29 is 22.3 Å². The summed E-state index contributed by atoms with van der Waals surface area (Å²) in [4.78, 5) is 8.16. The quantitative estimate of drug-likeness (QED) is 0.696. The highest BCUT2D eigenvalue weighted by Crippen LogP contribution is 2.22. The Morgan fingerprint density at radius 2 is 1.76 bits per heavy atom. The van der Waals surface area contributed by atoms with Gasteiger partial charge in [-0.1, -0.05) is 12.1 Å². The number of nitrogens with one attached hydrogen (secondary N) is 1. The lowest BCUT2D eigenvalue weighted by Gasteiger charge is -2.11. The number of fused-ring (bicyclic) bond motifs is 1. The lowest BCUT2D eigenvalue weighted by atomic mass is 10.2. The van der Waals surface area contributed by atoms with Gasteiger partial charge < -0.3 is 10.1 Å². The van der Waals surface area contributed by atoms with Crippen LogP contribution in [0.25, 0.3) is 10.9 Å². The van der Waals surface area contributed by atoms with Crippen LogP contribution in [0.1, 0.15) is 5.56 Å². The van der Waals surface area contributed by atoms with E-state index in [1.54, 1.807) is 18.2 Å². The summed E-state index contributed by atoms with van der Waals surface area (Å²) < 4.78 is 54.4. The summed E-state index contributed by atoms with van der Waals surface area (Å²) in [6, 6.07) is 10.4. The molecule has 1 N–H and O–H groups in total. The van der Waals surface area contributed by atoms with Crippen molar-refractivity contribution in [1.29, 1.82) is 0 Å². The number of halogens is 4. The molecule has 0 radical (unpaired) electrons. The molecular formula is C17H13F4N3O. The van der Waals surface area contributed by atoms with Crippen molar-refractivity contribution in [3.05, 3.63) is 60.2 Å². The van der Waals surface area contributed by atoms with E-state index in [1.807, 2.05) is 0 Å². The van der Waals surface area contributed by atoms with Gasteiger partial charge in [-0.2, -0.15) is 13.2 Å². The van der Waals surface area contributed by atoms with Gasteiger partial charge in [-0.3, -0.25) is 0 Å². The molecule has 0 aliphatic carbocycles. The molecule has 130 valence electrons. The fourth-order valence-electron chi connectivity index (χ4n) is 2.22. The van der Waals surface area contributed by atoms with Crippen LogP contribution in [0.4, 0.5) is 23.4 Å². The molecule has 0 fully saturated rings. The van der Waals surface area contributed by atoms with E-state index in [1.165, 1.54) is 30.6 Å². The molecule has 0 atom stereocenters. The largest absolute Gasteiger partial charge is 0.484 e. The van der Waals surface area contributed by atoms with Gasteiger partial charge in [-0.15, -0.1) is 0 Å². The first kappa shape index (κ1) is 16.9. The first-order valence-electron chi connectivity index (χ1n) is 7.33. The lowest BCUT2D eigenvalue weighted by Crippen LogP contribution is -2.19. The molecule has 2 aromatic carbocycles. The fourth-order valence-corrected chi connectivity index (χ4v) is 2.22. The molecule has 8 heteroatoms. The summed E-state index contributed by atoms with van der Waals surface area (Å²) >= 11 is 0. The Balaban J connectivity index is 1.67. The number of alkyl halides is 3. The molecule has 0 aliphatic heterocycles. The van der Waals surface area contributed by atoms with Gasteiger partial charge in [0.2, 0.25) is 0 Å². The van der Waals surface area contributed by atoms with E-state index in [2.05, 4.69) is 20.0 Å². The van der Waals surface area contributed by atoms with Crippen LogP contribution < -0.4 is 10.1 Å². The number of hydrogen-bond acceptors (Lipinski definition) is 4. The van der Waals surface area contributed by atoms with E-state index in [9.17, 15) is 17.6 Å². The van der Waals surface area contributed by atoms with Gasteiger partial charge in [0.05, 0.1) is 5.52 Å². The first-order chi connectivity index (χ1) is 11.9. The smallest absolute Gasteiger partial charge is 0.422 e. The topological polar surface area (TPSA) is 47.0 Å². The number of anilines is 1. The average molecular weight is 351 g/mol. The summed E-state index contributed by atoms with van der Waals surface area (Å²) in [6.45, 7) is -0.967. The van der Waals surface area contributed by atoms with Crippen molar-refractivity contribution in [2.45, 2.75) is 12.7 Å². The Hall–Kier alpha value is -2.90. The normalized spacial score (nSPS) is 11.5. The maximum absolute atomic E-state index is 13.4. The van der Waals surface area contributed by atoms with E-state index in [0.29, 0.717) is 23.3 Å². The molecule has 3 aromatic rings. The van der Waals surface area contributed by atoms with E-state index < -0.39 is 18.6 Å². The van der Waals surface area contributed by atoms with Gasteiger partial charge in [0.15, 0.2) is 6.61 Å². The minimum Gasteiger partial charge on any atom is -0.484 e. The maximum Gasteiger partial charge on any atom is 0.422 e.